The Hall–Kier alpha value is -1.88. The molecule has 0 spiro atoms. The molecule has 1 aromatic rings. The number of carbonyl (C=O) groups is 2. The van der Waals surface area contributed by atoms with E-state index < -0.39 is 0 Å². The Kier molecular flexibility index (Phi) is 6.86. The molecule has 2 amide bonds. The van der Waals surface area contributed by atoms with Crippen LogP contribution in [0.5, 0.6) is 0 Å². The minimum atomic E-state index is 0.0925. The van der Waals surface area contributed by atoms with Crippen molar-refractivity contribution < 1.29 is 14.3 Å². The highest BCUT2D eigenvalue weighted by Crippen LogP contribution is 2.27. The predicted octanol–water partition coefficient (Wildman–Crippen LogP) is 2.96. The van der Waals surface area contributed by atoms with Crippen molar-refractivity contribution in [1.29, 1.82) is 0 Å². The van der Waals surface area contributed by atoms with Crippen LogP contribution in [-0.2, 0) is 27.2 Å². The van der Waals surface area contributed by atoms with Crippen molar-refractivity contribution in [3.63, 3.8) is 0 Å². The van der Waals surface area contributed by atoms with E-state index in [9.17, 15) is 9.59 Å². The molecule has 2 heterocycles. The van der Waals surface area contributed by atoms with E-state index in [0.717, 1.165) is 64.3 Å². The minimum Gasteiger partial charge on any atom is -0.381 e. The topological polar surface area (TPSA) is 58.6 Å². The summed E-state index contributed by atoms with van der Waals surface area (Å²) < 4.78 is 5.36. The fraction of sp³-hybridized carbons (Fsp3) is 0.667. The summed E-state index contributed by atoms with van der Waals surface area (Å²) in [5, 5.41) is 3.04. The highest BCUT2D eigenvalue weighted by Gasteiger charge is 2.30. The molecule has 3 fully saturated rings. The van der Waals surface area contributed by atoms with Crippen molar-refractivity contribution in [2.45, 2.75) is 51.4 Å². The van der Waals surface area contributed by atoms with Crippen molar-refractivity contribution in [1.82, 2.24) is 10.2 Å². The number of hydrogen-bond acceptors (Lipinski definition) is 3. The van der Waals surface area contributed by atoms with Gasteiger partial charge in [-0.05, 0) is 67.9 Å². The van der Waals surface area contributed by atoms with Gasteiger partial charge in [0.2, 0.25) is 11.8 Å². The molecule has 158 valence electrons. The molecular formula is C24H34N2O3. The third kappa shape index (κ3) is 6.05. The summed E-state index contributed by atoms with van der Waals surface area (Å²) in [4.78, 5) is 26.4. The van der Waals surface area contributed by atoms with Crippen LogP contribution in [-0.4, -0.2) is 49.6 Å². The van der Waals surface area contributed by atoms with Crippen LogP contribution in [0.3, 0.4) is 0 Å². The molecule has 1 N–H and O–H groups in total. The number of benzene rings is 1. The zero-order valence-corrected chi connectivity index (χ0v) is 17.4. The van der Waals surface area contributed by atoms with Gasteiger partial charge < -0.3 is 15.0 Å². The van der Waals surface area contributed by atoms with Crippen LogP contribution in [0, 0.1) is 17.8 Å². The van der Waals surface area contributed by atoms with Crippen molar-refractivity contribution in [3.05, 3.63) is 35.4 Å². The van der Waals surface area contributed by atoms with Gasteiger partial charge in [-0.25, -0.2) is 0 Å². The van der Waals surface area contributed by atoms with Gasteiger partial charge in [-0.2, -0.15) is 0 Å². The lowest BCUT2D eigenvalue weighted by atomic mass is 9.89. The number of rotatable bonds is 8. The van der Waals surface area contributed by atoms with E-state index in [2.05, 4.69) is 29.6 Å². The second-order valence-electron chi connectivity index (χ2n) is 9.10. The molecule has 0 aromatic heterocycles. The Morgan fingerprint density at radius 1 is 0.966 bits per heavy atom. The van der Waals surface area contributed by atoms with Crippen molar-refractivity contribution in [3.8, 4) is 0 Å². The lowest BCUT2D eigenvalue weighted by Crippen LogP contribution is -2.42. The van der Waals surface area contributed by atoms with E-state index in [-0.39, 0.29) is 11.8 Å². The van der Waals surface area contributed by atoms with Crippen LogP contribution in [0.2, 0.25) is 0 Å². The first-order chi connectivity index (χ1) is 14.2. The molecule has 3 aliphatic rings. The zero-order valence-electron chi connectivity index (χ0n) is 17.4. The average molecular weight is 399 g/mol. The summed E-state index contributed by atoms with van der Waals surface area (Å²) in [6.07, 6.45) is 8.06. The average Bonchev–Trinajstić information content (AvgIpc) is 3.42. The number of piperidine rings is 1. The van der Waals surface area contributed by atoms with E-state index in [1.165, 1.54) is 24.0 Å². The standard InChI is InChI=1S/C24H34N2O3/c27-23(25-16-21-5-6-21)8-7-18-1-3-19(4-2-18)15-20-9-12-26(13-10-20)24(28)22-11-14-29-17-22/h1-4,20-22H,5-17H2,(H,25,27). The zero-order chi connectivity index (χ0) is 20.1. The highest BCUT2D eigenvalue weighted by molar-refractivity contribution is 5.79. The number of aryl methyl sites for hydroxylation is 1. The largest absolute Gasteiger partial charge is 0.381 e. The van der Waals surface area contributed by atoms with E-state index in [0.29, 0.717) is 24.9 Å². The molecule has 2 aliphatic heterocycles. The Morgan fingerprint density at radius 2 is 1.69 bits per heavy atom. The maximum absolute atomic E-state index is 12.5. The monoisotopic (exact) mass is 398 g/mol. The van der Waals surface area contributed by atoms with Gasteiger partial charge in [-0.3, -0.25) is 9.59 Å². The number of hydrogen-bond donors (Lipinski definition) is 1. The van der Waals surface area contributed by atoms with Crippen molar-refractivity contribution in [2.24, 2.45) is 17.8 Å². The fourth-order valence-electron chi connectivity index (χ4n) is 4.45. The van der Waals surface area contributed by atoms with Crippen LogP contribution in [0.25, 0.3) is 0 Å². The van der Waals surface area contributed by atoms with Gasteiger partial charge in [-0.15, -0.1) is 0 Å². The van der Waals surface area contributed by atoms with Gasteiger partial charge in [0.05, 0.1) is 12.5 Å². The van der Waals surface area contributed by atoms with Crippen LogP contribution < -0.4 is 5.32 Å². The molecule has 2 saturated heterocycles. The molecule has 0 radical (unpaired) electrons. The first-order valence-corrected chi connectivity index (χ1v) is 11.4. The summed E-state index contributed by atoms with van der Waals surface area (Å²) in [5.74, 6) is 1.95. The molecule has 5 nitrogen and oxygen atoms in total. The van der Waals surface area contributed by atoms with Crippen LogP contribution in [0.15, 0.2) is 24.3 Å². The maximum Gasteiger partial charge on any atom is 0.228 e. The lowest BCUT2D eigenvalue weighted by Gasteiger charge is -2.33. The summed E-state index contributed by atoms with van der Waals surface area (Å²) in [7, 11) is 0. The molecule has 1 aliphatic carbocycles. The van der Waals surface area contributed by atoms with Gasteiger partial charge in [0, 0.05) is 32.7 Å². The van der Waals surface area contributed by atoms with E-state index >= 15 is 0 Å². The van der Waals surface area contributed by atoms with Gasteiger partial charge in [0.25, 0.3) is 0 Å². The molecule has 1 unspecified atom stereocenters. The molecule has 4 rings (SSSR count). The molecule has 5 heteroatoms. The predicted molar refractivity (Wildman–Crippen MR) is 112 cm³/mol. The van der Waals surface area contributed by atoms with Gasteiger partial charge in [0.1, 0.15) is 0 Å². The van der Waals surface area contributed by atoms with Crippen LogP contribution in [0.4, 0.5) is 0 Å². The number of carbonyl (C=O) groups excluding carboxylic acids is 2. The quantitative estimate of drug-likeness (QED) is 0.732. The summed E-state index contributed by atoms with van der Waals surface area (Å²) in [6.45, 7) is 3.96. The normalized spacial score (nSPS) is 22.6. The number of likely N-dealkylation sites (tertiary alicyclic amines) is 1. The maximum atomic E-state index is 12.5. The SMILES string of the molecule is O=C(CCc1ccc(CC2CCN(C(=O)C3CCOC3)CC2)cc1)NCC1CC1. The molecule has 1 saturated carbocycles. The van der Waals surface area contributed by atoms with Gasteiger partial charge in [-0.1, -0.05) is 24.3 Å². The Labute approximate surface area is 174 Å². The number of nitrogens with one attached hydrogen (secondary N) is 1. The molecule has 29 heavy (non-hydrogen) atoms. The van der Waals surface area contributed by atoms with E-state index in [1.807, 2.05) is 4.90 Å². The fourth-order valence-corrected chi connectivity index (χ4v) is 4.45. The van der Waals surface area contributed by atoms with Crippen LogP contribution in [0.1, 0.15) is 49.7 Å². The second kappa shape index (κ2) is 9.75. The number of ether oxygens (including phenoxy) is 1. The minimum absolute atomic E-state index is 0.0925. The summed E-state index contributed by atoms with van der Waals surface area (Å²) in [6, 6.07) is 8.76. The Bertz CT molecular complexity index is 685. The van der Waals surface area contributed by atoms with E-state index in [4.69, 9.17) is 4.74 Å². The Balaban J connectivity index is 1.16. The van der Waals surface area contributed by atoms with Crippen molar-refractivity contribution >= 4 is 11.8 Å². The third-order valence-corrected chi connectivity index (χ3v) is 6.68. The second-order valence-corrected chi connectivity index (χ2v) is 9.10. The summed E-state index contributed by atoms with van der Waals surface area (Å²) in [5.41, 5.74) is 2.59. The van der Waals surface area contributed by atoms with E-state index in [1.54, 1.807) is 0 Å². The molecule has 1 aromatic carbocycles. The van der Waals surface area contributed by atoms with Gasteiger partial charge >= 0.3 is 0 Å². The smallest absolute Gasteiger partial charge is 0.228 e. The van der Waals surface area contributed by atoms with Gasteiger partial charge in [0.15, 0.2) is 0 Å². The van der Waals surface area contributed by atoms with Crippen molar-refractivity contribution in [2.75, 3.05) is 32.8 Å². The first-order valence-electron chi connectivity index (χ1n) is 11.4. The highest BCUT2D eigenvalue weighted by atomic mass is 16.5. The summed E-state index contributed by atoms with van der Waals surface area (Å²) >= 11 is 0. The first kappa shape index (κ1) is 20.4. The molecular weight excluding hydrogens is 364 g/mol. The third-order valence-electron chi connectivity index (χ3n) is 6.68. The molecule has 1 atom stereocenters. The molecule has 0 bridgehead atoms. The Morgan fingerprint density at radius 3 is 2.34 bits per heavy atom. The number of nitrogens with zero attached hydrogens (tertiary/aromatic N) is 1. The lowest BCUT2D eigenvalue weighted by molar-refractivity contribution is -0.136. The number of amides is 2. The van der Waals surface area contributed by atoms with Crippen LogP contribution >= 0.6 is 0 Å².